The average Bonchev–Trinajstić information content (AvgIpc) is 2.21. The first-order valence-electron chi connectivity index (χ1n) is 4.66. The second-order valence-corrected chi connectivity index (χ2v) is 3.02. The number of aromatic nitrogens is 1. The van der Waals surface area contributed by atoms with Gasteiger partial charge in [0.15, 0.2) is 0 Å². The van der Waals surface area contributed by atoms with Crippen LogP contribution >= 0.6 is 0 Å². The monoisotopic (exact) mass is 185 g/mol. The van der Waals surface area contributed by atoms with Crippen LogP contribution in [-0.4, -0.2) is 4.98 Å². The lowest BCUT2D eigenvalue weighted by Gasteiger charge is -2.06. The van der Waals surface area contributed by atoms with Crippen LogP contribution in [0, 0.1) is 0 Å². The van der Waals surface area contributed by atoms with Gasteiger partial charge >= 0.3 is 0 Å². The fourth-order valence-electron chi connectivity index (χ4n) is 1.42. The topological polar surface area (TPSA) is 12.9 Å². The number of pyridine rings is 1. The van der Waals surface area contributed by atoms with E-state index < -0.39 is 0 Å². The molecule has 0 aliphatic rings. The third-order valence-corrected chi connectivity index (χ3v) is 2.07. The molecule has 0 saturated heterocycles. The van der Waals surface area contributed by atoms with Crippen LogP contribution in [0.4, 0.5) is 0 Å². The molecule has 0 aromatic carbocycles. The highest BCUT2D eigenvalue weighted by molar-refractivity contribution is 5.78. The Bertz CT molecular complexity index is 358. The van der Waals surface area contributed by atoms with E-state index in [-0.39, 0.29) is 0 Å². The second kappa shape index (κ2) is 5.18. The number of hydrogen-bond donors (Lipinski definition) is 0. The summed E-state index contributed by atoms with van der Waals surface area (Å²) >= 11 is 0. The maximum atomic E-state index is 4.00. The van der Waals surface area contributed by atoms with Crippen molar-refractivity contribution < 1.29 is 0 Å². The highest BCUT2D eigenvalue weighted by atomic mass is 14.6. The molecular weight excluding hydrogens is 170 g/mol. The molecule has 0 fully saturated rings. The van der Waals surface area contributed by atoms with Crippen molar-refractivity contribution in [1.82, 2.24) is 4.98 Å². The van der Waals surface area contributed by atoms with Crippen molar-refractivity contribution in [3.63, 3.8) is 0 Å². The Hall–Kier alpha value is -1.63. The second-order valence-electron chi connectivity index (χ2n) is 3.02. The zero-order chi connectivity index (χ0) is 10.4. The Labute approximate surface area is 85.5 Å². The summed E-state index contributed by atoms with van der Waals surface area (Å²) in [6.07, 6.45) is 9.53. The molecule has 1 aromatic rings. The summed E-state index contributed by atoms with van der Waals surface area (Å²) in [5.74, 6) is 0. The molecule has 0 spiro atoms. The third kappa shape index (κ3) is 2.43. The van der Waals surface area contributed by atoms with Gasteiger partial charge in [-0.05, 0) is 42.7 Å². The smallest absolute Gasteiger partial charge is 0.0273 e. The molecule has 1 heteroatoms. The predicted molar refractivity (Wildman–Crippen MR) is 61.8 cm³/mol. The van der Waals surface area contributed by atoms with E-state index >= 15 is 0 Å². The van der Waals surface area contributed by atoms with Gasteiger partial charge in [0.25, 0.3) is 0 Å². The summed E-state index contributed by atoms with van der Waals surface area (Å²) < 4.78 is 0. The Morgan fingerprint density at radius 1 is 1.36 bits per heavy atom. The van der Waals surface area contributed by atoms with Gasteiger partial charge < -0.3 is 0 Å². The molecule has 14 heavy (non-hydrogen) atoms. The van der Waals surface area contributed by atoms with Crippen LogP contribution in [-0.2, 0) is 0 Å². The minimum Gasteiger partial charge on any atom is -0.265 e. The van der Waals surface area contributed by atoms with Gasteiger partial charge in [0, 0.05) is 12.4 Å². The maximum absolute atomic E-state index is 4.00. The van der Waals surface area contributed by atoms with Crippen LogP contribution in [0.5, 0.6) is 0 Å². The highest BCUT2D eigenvalue weighted by Gasteiger charge is 2.00. The van der Waals surface area contributed by atoms with Crippen LogP contribution in [0.3, 0.4) is 0 Å². The molecule has 1 rings (SSSR count). The molecule has 0 aliphatic heterocycles. The Kier molecular flexibility index (Phi) is 3.86. The Morgan fingerprint density at radius 3 is 2.50 bits per heavy atom. The zero-order valence-corrected chi connectivity index (χ0v) is 8.70. The zero-order valence-electron chi connectivity index (χ0n) is 8.70. The van der Waals surface area contributed by atoms with Gasteiger partial charge in [-0.1, -0.05) is 24.8 Å². The van der Waals surface area contributed by atoms with Crippen LogP contribution in [0.15, 0.2) is 54.9 Å². The molecule has 0 N–H and O–H groups in total. The first kappa shape index (κ1) is 10.5. The molecule has 1 nitrogen and oxygen atoms in total. The summed E-state index contributed by atoms with van der Waals surface area (Å²) in [6, 6.07) is 4.02. The molecule has 1 heterocycles. The minimum atomic E-state index is 1.19. The summed E-state index contributed by atoms with van der Waals surface area (Å²) in [5.41, 5.74) is 3.64. The fourth-order valence-corrected chi connectivity index (χ4v) is 1.42. The van der Waals surface area contributed by atoms with Crippen molar-refractivity contribution in [1.29, 1.82) is 0 Å². The van der Waals surface area contributed by atoms with Gasteiger partial charge in [0.1, 0.15) is 0 Å². The third-order valence-electron chi connectivity index (χ3n) is 2.07. The van der Waals surface area contributed by atoms with E-state index in [1.165, 1.54) is 16.7 Å². The molecule has 0 atom stereocenters. The van der Waals surface area contributed by atoms with E-state index in [0.29, 0.717) is 0 Å². The summed E-state index contributed by atoms with van der Waals surface area (Å²) in [5, 5.41) is 0. The molecule has 0 aliphatic carbocycles. The van der Waals surface area contributed by atoms with E-state index in [4.69, 9.17) is 0 Å². The molecule has 1 aromatic heterocycles. The lowest BCUT2D eigenvalue weighted by molar-refractivity contribution is 1.31. The Morgan fingerprint density at radius 2 is 2.00 bits per heavy atom. The number of hydrogen-bond acceptors (Lipinski definition) is 1. The predicted octanol–water partition coefficient (Wildman–Crippen LogP) is 3.62. The van der Waals surface area contributed by atoms with Crippen LogP contribution in [0.1, 0.15) is 19.4 Å². The molecule has 0 radical (unpaired) electrons. The highest BCUT2D eigenvalue weighted by Crippen LogP contribution is 2.21. The van der Waals surface area contributed by atoms with Gasteiger partial charge in [-0.15, -0.1) is 0 Å². The van der Waals surface area contributed by atoms with E-state index in [2.05, 4.69) is 24.6 Å². The lowest BCUT2D eigenvalue weighted by Crippen LogP contribution is -1.86. The van der Waals surface area contributed by atoms with Crippen LogP contribution in [0.2, 0.25) is 0 Å². The van der Waals surface area contributed by atoms with Crippen molar-refractivity contribution in [2.24, 2.45) is 0 Å². The molecular formula is C13H15N. The van der Waals surface area contributed by atoms with Crippen molar-refractivity contribution >= 4 is 5.57 Å². The van der Waals surface area contributed by atoms with Gasteiger partial charge in [-0.3, -0.25) is 4.98 Å². The largest absolute Gasteiger partial charge is 0.265 e. The molecule has 0 amide bonds. The number of nitrogens with zero attached hydrogens (tertiary/aromatic N) is 1. The number of allylic oxidation sites excluding steroid dienone is 5. The first-order valence-corrected chi connectivity index (χ1v) is 4.66. The molecule has 0 saturated carbocycles. The summed E-state index contributed by atoms with van der Waals surface area (Å²) in [7, 11) is 0. The van der Waals surface area contributed by atoms with Crippen LogP contribution in [0.25, 0.3) is 5.57 Å². The van der Waals surface area contributed by atoms with E-state index in [0.717, 1.165) is 0 Å². The van der Waals surface area contributed by atoms with Gasteiger partial charge in [-0.2, -0.15) is 0 Å². The van der Waals surface area contributed by atoms with E-state index in [1.807, 2.05) is 25.1 Å². The minimum absolute atomic E-state index is 1.19. The van der Waals surface area contributed by atoms with Crippen molar-refractivity contribution in [2.75, 3.05) is 0 Å². The fraction of sp³-hybridized carbons (Fsp3) is 0.154. The molecule has 0 unspecified atom stereocenters. The SMILES string of the molecule is C=C/C=C(C)/C(=C\C)c1ccncc1. The lowest BCUT2D eigenvalue weighted by atomic mass is 10.00. The van der Waals surface area contributed by atoms with Crippen molar-refractivity contribution in [3.05, 3.63) is 60.5 Å². The van der Waals surface area contributed by atoms with Crippen molar-refractivity contribution in [3.8, 4) is 0 Å². The number of rotatable bonds is 3. The molecule has 0 bridgehead atoms. The molecule has 72 valence electrons. The van der Waals surface area contributed by atoms with E-state index in [1.54, 1.807) is 18.5 Å². The van der Waals surface area contributed by atoms with E-state index in [9.17, 15) is 0 Å². The van der Waals surface area contributed by atoms with Gasteiger partial charge in [-0.25, -0.2) is 0 Å². The first-order chi connectivity index (χ1) is 6.79. The van der Waals surface area contributed by atoms with Crippen molar-refractivity contribution in [2.45, 2.75) is 13.8 Å². The average molecular weight is 185 g/mol. The normalized spacial score (nSPS) is 12.7. The van der Waals surface area contributed by atoms with Gasteiger partial charge in [0.05, 0.1) is 0 Å². The maximum Gasteiger partial charge on any atom is 0.0273 e. The van der Waals surface area contributed by atoms with Crippen LogP contribution < -0.4 is 0 Å². The summed E-state index contributed by atoms with van der Waals surface area (Å²) in [4.78, 5) is 4.00. The van der Waals surface area contributed by atoms with Gasteiger partial charge in [0.2, 0.25) is 0 Å². The Balaban J connectivity index is 3.07. The standard InChI is InChI=1S/C13H15N/c1-4-6-11(3)13(5-2)12-7-9-14-10-8-12/h4-10H,1H2,2-3H3/b11-6+,13-5+. The summed E-state index contributed by atoms with van der Waals surface area (Å²) in [6.45, 7) is 7.81. The quantitative estimate of drug-likeness (QED) is 0.655.